The molecule has 1 heterocycles. The minimum Gasteiger partial charge on any atom is -0.489 e. The maximum absolute atomic E-state index is 12.5. The highest BCUT2D eigenvalue weighted by Gasteiger charge is 2.36. The Morgan fingerprint density at radius 1 is 0.941 bits per heavy atom. The van der Waals surface area contributed by atoms with Crippen LogP contribution in [-0.2, 0) is 20.8 Å². The van der Waals surface area contributed by atoms with Gasteiger partial charge >= 0.3 is 12.2 Å². The number of amides is 1. The maximum atomic E-state index is 12.5. The molecule has 0 aromatic heterocycles. The van der Waals surface area contributed by atoms with Crippen LogP contribution in [0.15, 0.2) is 77.5 Å². The largest absolute Gasteiger partial charge is 0.513 e. The van der Waals surface area contributed by atoms with E-state index in [1.54, 1.807) is 6.92 Å². The van der Waals surface area contributed by atoms with E-state index in [2.05, 4.69) is 10.6 Å². The molecule has 1 amide bonds. The van der Waals surface area contributed by atoms with Crippen LogP contribution in [0, 0.1) is 0 Å². The van der Waals surface area contributed by atoms with Crippen LogP contribution in [0.5, 0.6) is 5.75 Å². The first-order chi connectivity index (χ1) is 16.4. The third kappa shape index (κ3) is 5.70. The summed E-state index contributed by atoms with van der Waals surface area (Å²) in [5, 5.41) is 5.95. The van der Waals surface area contributed by atoms with E-state index in [9.17, 15) is 9.59 Å². The summed E-state index contributed by atoms with van der Waals surface area (Å²) in [6.45, 7) is 4.04. The van der Waals surface area contributed by atoms with Gasteiger partial charge < -0.3 is 29.6 Å². The number of hydrogen-bond acceptors (Lipinski definition) is 7. The molecule has 2 aromatic carbocycles. The van der Waals surface area contributed by atoms with Crippen molar-refractivity contribution < 1.29 is 28.5 Å². The molecular weight excluding hydrogens is 436 g/mol. The molecule has 2 aromatic rings. The smallest absolute Gasteiger partial charge is 0.489 e. The fraction of sp³-hybridized carbons (Fsp3) is 0.308. The van der Waals surface area contributed by atoms with Gasteiger partial charge in [-0.3, -0.25) is 0 Å². The summed E-state index contributed by atoms with van der Waals surface area (Å²) in [7, 11) is 1.24. The number of rotatable bonds is 7. The Balaban J connectivity index is 1.58. The third-order valence-corrected chi connectivity index (χ3v) is 5.56. The lowest BCUT2D eigenvalue weighted by Gasteiger charge is -2.30. The predicted octanol–water partition coefficient (Wildman–Crippen LogP) is 5.09. The van der Waals surface area contributed by atoms with Gasteiger partial charge in [0.1, 0.15) is 29.8 Å². The van der Waals surface area contributed by atoms with Gasteiger partial charge in [-0.05, 0) is 49.9 Å². The summed E-state index contributed by atoms with van der Waals surface area (Å²) in [6.07, 6.45) is 0.484. The van der Waals surface area contributed by atoms with Crippen LogP contribution in [0.2, 0.25) is 0 Å². The zero-order chi connectivity index (χ0) is 24.1. The highest BCUT2D eigenvalue weighted by molar-refractivity contribution is 5.70. The van der Waals surface area contributed by atoms with Gasteiger partial charge in [0.2, 0.25) is 0 Å². The van der Waals surface area contributed by atoms with Crippen LogP contribution in [0.3, 0.4) is 0 Å². The lowest BCUT2D eigenvalue weighted by molar-refractivity contribution is 0.0889. The molecule has 2 aliphatic rings. The van der Waals surface area contributed by atoms with Crippen molar-refractivity contribution in [1.29, 1.82) is 0 Å². The second kappa shape index (κ2) is 10.3. The van der Waals surface area contributed by atoms with Crippen LogP contribution in [0.25, 0.3) is 0 Å². The summed E-state index contributed by atoms with van der Waals surface area (Å²) in [4.78, 5) is 24.4. The van der Waals surface area contributed by atoms with Crippen molar-refractivity contribution in [1.82, 2.24) is 10.6 Å². The highest BCUT2D eigenvalue weighted by atomic mass is 16.7. The third-order valence-electron chi connectivity index (χ3n) is 5.56. The number of nitrogens with one attached hydrogen (secondary N) is 2. The molecule has 0 spiro atoms. The molecule has 0 bridgehead atoms. The lowest BCUT2D eigenvalue weighted by atomic mass is 9.90. The van der Waals surface area contributed by atoms with Gasteiger partial charge in [-0.2, -0.15) is 0 Å². The fourth-order valence-corrected chi connectivity index (χ4v) is 3.68. The zero-order valence-corrected chi connectivity index (χ0v) is 19.4. The number of alkyl carbamates (subject to hydrolysis) is 1. The number of methoxy groups -OCH3 is 1. The average molecular weight is 465 g/mol. The van der Waals surface area contributed by atoms with Crippen molar-refractivity contribution in [3.05, 3.63) is 88.6 Å². The van der Waals surface area contributed by atoms with Crippen LogP contribution in [0.1, 0.15) is 43.7 Å². The molecule has 178 valence electrons. The van der Waals surface area contributed by atoms with Gasteiger partial charge in [0, 0.05) is 6.04 Å². The monoisotopic (exact) mass is 464 g/mol. The van der Waals surface area contributed by atoms with E-state index >= 15 is 0 Å². The Bertz CT molecular complexity index is 1100. The van der Waals surface area contributed by atoms with Crippen molar-refractivity contribution in [3.8, 4) is 5.75 Å². The van der Waals surface area contributed by atoms with Crippen molar-refractivity contribution in [2.24, 2.45) is 0 Å². The quantitative estimate of drug-likeness (QED) is 0.551. The van der Waals surface area contributed by atoms with E-state index in [0.29, 0.717) is 35.3 Å². The number of carbonyl (C=O) groups excluding carboxylic acids is 2. The molecule has 1 aliphatic carbocycles. The van der Waals surface area contributed by atoms with Crippen LogP contribution >= 0.6 is 0 Å². The first-order valence-electron chi connectivity index (χ1n) is 11.1. The average Bonchev–Trinajstić information content (AvgIpc) is 3.65. The lowest BCUT2D eigenvalue weighted by Crippen LogP contribution is -2.32. The van der Waals surface area contributed by atoms with Crippen LogP contribution in [-0.4, -0.2) is 25.4 Å². The molecule has 1 unspecified atom stereocenters. The van der Waals surface area contributed by atoms with E-state index < -0.39 is 18.2 Å². The summed E-state index contributed by atoms with van der Waals surface area (Å²) in [5.74, 6) is 0.700. The number of benzene rings is 2. The van der Waals surface area contributed by atoms with E-state index in [1.165, 1.54) is 7.11 Å². The second-order valence-corrected chi connectivity index (χ2v) is 8.24. The number of allylic oxidation sites excluding steroid dienone is 2. The predicted molar refractivity (Wildman–Crippen MR) is 125 cm³/mol. The molecule has 0 saturated heterocycles. The Kier molecular flexibility index (Phi) is 7.06. The van der Waals surface area contributed by atoms with Gasteiger partial charge in [0.15, 0.2) is 0 Å². The Morgan fingerprint density at radius 2 is 1.59 bits per heavy atom. The summed E-state index contributed by atoms with van der Waals surface area (Å²) >= 11 is 0. The molecule has 1 fully saturated rings. The first kappa shape index (κ1) is 23.2. The topological polar surface area (TPSA) is 95.1 Å². The van der Waals surface area contributed by atoms with E-state index in [-0.39, 0.29) is 6.04 Å². The molecule has 1 aliphatic heterocycles. The van der Waals surface area contributed by atoms with Crippen LogP contribution < -0.4 is 15.4 Å². The number of ether oxygens (including phenoxy) is 4. The molecule has 8 heteroatoms. The van der Waals surface area contributed by atoms with Crippen molar-refractivity contribution in [2.75, 3.05) is 7.11 Å². The minimum absolute atomic E-state index is 0.146. The van der Waals surface area contributed by atoms with Crippen molar-refractivity contribution >= 4 is 12.2 Å². The summed E-state index contributed by atoms with van der Waals surface area (Å²) in [6, 6.07) is 17.4. The molecular formula is C26H28N2O6. The molecule has 1 atom stereocenters. The second-order valence-electron chi connectivity index (χ2n) is 8.24. The molecule has 4 rings (SSSR count). The minimum atomic E-state index is -0.856. The SMILES string of the molecule is COC(=O)OC1=C(C)NC(C)=C(OC(=O)NC2CC2)C1c1ccc(OCc2ccccc2)cc1. The highest BCUT2D eigenvalue weighted by Crippen LogP contribution is 2.40. The van der Waals surface area contributed by atoms with Gasteiger partial charge in [0.25, 0.3) is 0 Å². The number of hydrogen-bond donors (Lipinski definition) is 2. The van der Waals surface area contributed by atoms with Crippen LogP contribution in [0.4, 0.5) is 9.59 Å². The summed E-state index contributed by atoms with van der Waals surface area (Å²) in [5.41, 5.74) is 3.09. The first-order valence-corrected chi connectivity index (χ1v) is 11.1. The summed E-state index contributed by atoms with van der Waals surface area (Å²) < 4.78 is 21.8. The van der Waals surface area contributed by atoms with Crippen molar-refractivity contribution in [3.63, 3.8) is 0 Å². The van der Waals surface area contributed by atoms with E-state index in [1.807, 2.05) is 61.5 Å². The molecule has 0 radical (unpaired) electrons. The Labute approximate surface area is 198 Å². The van der Waals surface area contributed by atoms with E-state index in [0.717, 1.165) is 24.0 Å². The van der Waals surface area contributed by atoms with E-state index in [4.69, 9.17) is 18.9 Å². The fourth-order valence-electron chi connectivity index (χ4n) is 3.68. The normalized spacial score (nSPS) is 17.6. The Hall–Kier alpha value is -3.94. The maximum Gasteiger partial charge on any atom is 0.513 e. The van der Waals surface area contributed by atoms with Gasteiger partial charge in [0.05, 0.1) is 18.5 Å². The molecule has 2 N–H and O–H groups in total. The zero-order valence-electron chi connectivity index (χ0n) is 19.4. The number of carbonyl (C=O) groups is 2. The van der Waals surface area contributed by atoms with Gasteiger partial charge in [-0.15, -0.1) is 0 Å². The van der Waals surface area contributed by atoms with Crippen molar-refractivity contribution in [2.45, 2.75) is 45.3 Å². The number of dihydropyridines is 1. The molecule has 1 saturated carbocycles. The Morgan fingerprint density at radius 3 is 2.21 bits per heavy atom. The molecule has 8 nitrogen and oxygen atoms in total. The van der Waals surface area contributed by atoms with Gasteiger partial charge in [-0.25, -0.2) is 9.59 Å². The molecule has 34 heavy (non-hydrogen) atoms. The van der Waals surface area contributed by atoms with Gasteiger partial charge in [-0.1, -0.05) is 42.5 Å². The standard InChI is InChI=1S/C26H28N2O6/c1-16-23(33-25(29)28-20-11-12-20)22(24(17(2)27-16)34-26(30)31-3)19-9-13-21(14-10-19)32-15-18-7-5-4-6-8-18/h4-10,13-14,20,22,27H,11-12,15H2,1-3H3,(H,28,29).